The van der Waals surface area contributed by atoms with Gasteiger partial charge in [0.15, 0.2) is 0 Å². The Morgan fingerprint density at radius 2 is 1.31 bits per heavy atom. The maximum Gasteiger partial charge on any atom is 0.245 e. The Labute approximate surface area is 320 Å². The highest BCUT2D eigenvalue weighted by Gasteiger charge is 2.41. The lowest BCUT2D eigenvalue weighted by Crippen LogP contribution is -2.60. The average molecular weight is 760 g/mol. The first kappa shape index (κ1) is 43.0. The third-order valence-electron chi connectivity index (χ3n) is 11.7. The van der Waals surface area contributed by atoms with Gasteiger partial charge in [0.25, 0.3) is 0 Å². The molecule has 0 spiro atoms. The summed E-state index contributed by atoms with van der Waals surface area (Å²) in [6.07, 6.45) is 9.39. The summed E-state index contributed by atoms with van der Waals surface area (Å²) in [7, 11) is 0. The van der Waals surface area contributed by atoms with Crippen LogP contribution in [0.2, 0.25) is 0 Å². The minimum Gasteiger partial charge on any atom is -0.391 e. The van der Waals surface area contributed by atoms with Crippen molar-refractivity contribution in [1.82, 2.24) is 36.0 Å². The van der Waals surface area contributed by atoms with Crippen molar-refractivity contribution < 1.29 is 38.7 Å². The molecule has 7 atom stereocenters. The number of piperidine rings is 1. The summed E-state index contributed by atoms with van der Waals surface area (Å²) in [5.74, 6) is -2.10. The number of carbonyl (C=O) groups excluding carboxylic acids is 7. The van der Waals surface area contributed by atoms with Crippen LogP contribution < -0.4 is 21.3 Å². The van der Waals surface area contributed by atoms with Gasteiger partial charge in [0.1, 0.15) is 30.2 Å². The smallest absolute Gasteiger partial charge is 0.245 e. The van der Waals surface area contributed by atoms with Gasteiger partial charge >= 0.3 is 0 Å². The quantitative estimate of drug-likeness (QED) is 0.147. The standard InChI is InChI=1S/C39H65N7O8/c1-5-19-40-37(52)34(27(4)47)43-36(51)31-16-11-23-45(31)38(53)26(3)41-35(50)30-15-9-10-22-46(30)39(54)29(17-18-33(49)44-20-12-21-44)42-32(48)24-25(2)28-13-7-6-8-14-28/h25-31,34,47H,5-24H2,1-4H3,(H,40,52)(H,41,50)(H,42,48)(H,43,51)/t25-,26-,27+,29-,30-,31-,34-/m0/s1. The molecule has 3 aliphatic heterocycles. The van der Waals surface area contributed by atoms with Crippen LogP contribution in [0.25, 0.3) is 0 Å². The van der Waals surface area contributed by atoms with E-state index in [2.05, 4.69) is 28.2 Å². The summed E-state index contributed by atoms with van der Waals surface area (Å²) in [6.45, 7) is 9.27. The molecule has 3 saturated heterocycles. The van der Waals surface area contributed by atoms with Crippen molar-refractivity contribution in [1.29, 1.82) is 0 Å². The number of aliphatic hydroxyl groups is 1. The predicted molar refractivity (Wildman–Crippen MR) is 201 cm³/mol. The summed E-state index contributed by atoms with van der Waals surface area (Å²) in [4.78, 5) is 98.5. The lowest BCUT2D eigenvalue weighted by atomic mass is 9.79. The van der Waals surface area contributed by atoms with Crippen LogP contribution in [0.1, 0.15) is 124 Å². The summed E-state index contributed by atoms with van der Waals surface area (Å²) in [6, 6.07) is -4.92. The predicted octanol–water partition coefficient (Wildman–Crippen LogP) is 1.36. The molecule has 1 saturated carbocycles. The SMILES string of the molecule is CCCNC(=O)[C@@H](NC(=O)[C@@H]1CCCN1C(=O)[C@H](C)NC(=O)[C@@H]1CCCCN1C(=O)[C@H](CCC(=O)N1CCC1)NC(=O)C[C@H](C)C1CCCCC1)[C@@H](C)O. The van der Waals surface area contributed by atoms with Crippen LogP contribution >= 0.6 is 0 Å². The van der Waals surface area contributed by atoms with Gasteiger partial charge in [0.2, 0.25) is 41.4 Å². The Bertz CT molecular complexity index is 1330. The molecular weight excluding hydrogens is 694 g/mol. The fourth-order valence-corrected chi connectivity index (χ4v) is 8.27. The van der Waals surface area contributed by atoms with Gasteiger partial charge in [-0.05, 0) is 77.0 Å². The van der Waals surface area contributed by atoms with E-state index in [1.807, 2.05) is 6.92 Å². The highest BCUT2D eigenvalue weighted by Crippen LogP contribution is 2.31. The van der Waals surface area contributed by atoms with Crippen LogP contribution in [0.5, 0.6) is 0 Å². The Balaban J connectivity index is 1.40. The second-order valence-electron chi connectivity index (χ2n) is 16.0. The van der Waals surface area contributed by atoms with Crippen LogP contribution in [0.3, 0.4) is 0 Å². The number of carbonyl (C=O) groups is 7. The number of hydrogen-bond donors (Lipinski definition) is 5. The molecule has 15 heteroatoms. The molecule has 0 unspecified atom stereocenters. The fourth-order valence-electron chi connectivity index (χ4n) is 8.27. The normalized spacial score (nSPS) is 23.2. The van der Waals surface area contributed by atoms with E-state index in [4.69, 9.17) is 0 Å². The number of nitrogens with zero attached hydrogens (tertiary/aromatic N) is 3. The molecule has 1 aliphatic carbocycles. The monoisotopic (exact) mass is 759 g/mol. The Morgan fingerprint density at radius 3 is 1.94 bits per heavy atom. The van der Waals surface area contributed by atoms with Gasteiger partial charge in [0, 0.05) is 45.6 Å². The third kappa shape index (κ3) is 11.6. The van der Waals surface area contributed by atoms with E-state index in [0.29, 0.717) is 77.0 Å². The van der Waals surface area contributed by atoms with Crippen LogP contribution in [0.15, 0.2) is 0 Å². The van der Waals surface area contributed by atoms with Gasteiger partial charge < -0.3 is 41.1 Å². The van der Waals surface area contributed by atoms with Crippen molar-refractivity contribution >= 4 is 41.4 Å². The van der Waals surface area contributed by atoms with Crippen LogP contribution in [0, 0.1) is 11.8 Å². The van der Waals surface area contributed by atoms with E-state index in [1.165, 1.54) is 30.1 Å². The molecule has 3 heterocycles. The number of likely N-dealkylation sites (tertiary alicyclic amines) is 3. The van der Waals surface area contributed by atoms with Crippen molar-refractivity contribution in [2.45, 2.75) is 160 Å². The summed E-state index contributed by atoms with van der Waals surface area (Å²) >= 11 is 0. The molecule has 54 heavy (non-hydrogen) atoms. The molecule has 0 aromatic carbocycles. The van der Waals surface area contributed by atoms with Crippen LogP contribution in [0.4, 0.5) is 0 Å². The second kappa shape index (κ2) is 20.8. The highest BCUT2D eigenvalue weighted by atomic mass is 16.3. The zero-order valence-corrected chi connectivity index (χ0v) is 32.9. The minimum absolute atomic E-state index is 0.0563. The van der Waals surface area contributed by atoms with Gasteiger partial charge in [0.05, 0.1) is 6.10 Å². The van der Waals surface area contributed by atoms with E-state index in [1.54, 1.807) is 4.90 Å². The number of nitrogens with one attached hydrogen (secondary N) is 4. The Hall–Kier alpha value is -3.75. The molecule has 4 fully saturated rings. The van der Waals surface area contributed by atoms with E-state index in [9.17, 15) is 38.7 Å². The summed E-state index contributed by atoms with van der Waals surface area (Å²) < 4.78 is 0. The maximum atomic E-state index is 14.2. The number of aliphatic hydroxyl groups excluding tert-OH is 1. The Morgan fingerprint density at radius 1 is 0.704 bits per heavy atom. The lowest BCUT2D eigenvalue weighted by molar-refractivity contribution is -0.147. The van der Waals surface area contributed by atoms with Crippen LogP contribution in [-0.2, 0) is 33.6 Å². The largest absolute Gasteiger partial charge is 0.391 e. The van der Waals surface area contributed by atoms with E-state index >= 15 is 0 Å². The van der Waals surface area contributed by atoms with Crippen LogP contribution in [-0.4, -0.2) is 130 Å². The minimum atomic E-state index is -1.18. The number of hydrogen-bond acceptors (Lipinski definition) is 8. The summed E-state index contributed by atoms with van der Waals surface area (Å²) in [5, 5.41) is 21.2. The van der Waals surface area contributed by atoms with Crippen molar-refractivity contribution in [2.24, 2.45) is 11.8 Å². The van der Waals surface area contributed by atoms with E-state index < -0.39 is 65.8 Å². The van der Waals surface area contributed by atoms with E-state index in [-0.39, 0.29) is 37.1 Å². The number of rotatable bonds is 17. The van der Waals surface area contributed by atoms with Gasteiger partial charge in [-0.3, -0.25) is 33.6 Å². The first-order valence-electron chi connectivity index (χ1n) is 20.6. The maximum absolute atomic E-state index is 14.2. The summed E-state index contributed by atoms with van der Waals surface area (Å²) in [5.41, 5.74) is 0. The molecule has 15 nitrogen and oxygen atoms in total. The van der Waals surface area contributed by atoms with Gasteiger partial charge in [-0.2, -0.15) is 0 Å². The Kier molecular flexibility index (Phi) is 16.6. The molecule has 0 aromatic heterocycles. The molecule has 4 rings (SSSR count). The zero-order chi connectivity index (χ0) is 39.4. The molecule has 7 amide bonds. The lowest BCUT2D eigenvalue weighted by Gasteiger charge is -2.38. The first-order chi connectivity index (χ1) is 25.8. The van der Waals surface area contributed by atoms with Crippen molar-refractivity contribution in [3.8, 4) is 0 Å². The van der Waals surface area contributed by atoms with Gasteiger partial charge in [-0.25, -0.2) is 0 Å². The molecule has 0 aromatic rings. The van der Waals surface area contributed by atoms with Crippen molar-refractivity contribution in [2.75, 3.05) is 32.7 Å². The highest BCUT2D eigenvalue weighted by molar-refractivity contribution is 5.97. The molecule has 0 radical (unpaired) electrons. The fraction of sp³-hybridized carbons (Fsp3) is 0.821. The van der Waals surface area contributed by atoms with Gasteiger partial charge in [-0.15, -0.1) is 0 Å². The molecule has 304 valence electrons. The number of amides is 7. The zero-order valence-electron chi connectivity index (χ0n) is 32.9. The average Bonchev–Trinajstić information content (AvgIpc) is 3.63. The van der Waals surface area contributed by atoms with Crippen molar-refractivity contribution in [3.05, 3.63) is 0 Å². The molecule has 5 N–H and O–H groups in total. The van der Waals surface area contributed by atoms with Gasteiger partial charge in [-0.1, -0.05) is 46.0 Å². The third-order valence-corrected chi connectivity index (χ3v) is 11.7. The molecule has 0 bridgehead atoms. The first-order valence-corrected chi connectivity index (χ1v) is 20.6. The topological polar surface area (TPSA) is 198 Å². The molecular formula is C39H65N7O8. The van der Waals surface area contributed by atoms with Crippen molar-refractivity contribution in [3.63, 3.8) is 0 Å². The van der Waals surface area contributed by atoms with E-state index in [0.717, 1.165) is 32.1 Å². The second-order valence-corrected chi connectivity index (χ2v) is 16.0. The molecule has 4 aliphatic rings.